The first-order chi connectivity index (χ1) is 17.8. The molecule has 0 aliphatic heterocycles. The molecule has 0 amide bonds. The second kappa shape index (κ2) is 17.2. The minimum absolute atomic E-state index is 0.169. The van der Waals surface area contributed by atoms with E-state index in [0.717, 1.165) is 36.2 Å². The van der Waals surface area contributed by atoms with Gasteiger partial charge in [0.2, 0.25) is 6.29 Å². The van der Waals surface area contributed by atoms with E-state index < -0.39 is 6.29 Å². The average molecular weight is 511 g/mol. The summed E-state index contributed by atoms with van der Waals surface area (Å²) < 4.78 is 12.4. The first kappa shape index (κ1) is 30.9. The third-order valence-corrected chi connectivity index (χ3v) is 7.07. The summed E-state index contributed by atoms with van der Waals surface area (Å²) in [6, 6.07) is 18.7. The Morgan fingerprint density at radius 2 is 1.43 bits per heavy atom. The molecule has 0 fully saturated rings. The quantitative estimate of drug-likeness (QED) is 0.0824. The molecule has 0 bridgehead atoms. The Balaban J connectivity index is 1.67. The van der Waals surface area contributed by atoms with E-state index in [1.807, 2.05) is 25.1 Å². The van der Waals surface area contributed by atoms with E-state index in [1.54, 1.807) is 6.92 Å². The predicted molar refractivity (Wildman–Crippen MR) is 154 cm³/mol. The molecule has 2 atom stereocenters. The fraction of sp³-hybridized carbons (Fsp3) is 0.606. The number of esters is 1. The second-order valence-corrected chi connectivity index (χ2v) is 11.3. The van der Waals surface area contributed by atoms with Crippen molar-refractivity contribution in [3.63, 3.8) is 0 Å². The maximum absolute atomic E-state index is 12.7. The van der Waals surface area contributed by atoms with Gasteiger partial charge >= 0.3 is 5.97 Å². The number of ether oxygens (including phenoxy) is 2. The van der Waals surface area contributed by atoms with E-state index in [0.29, 0.717) is 0 Å². The fourth-order valence-electron chi connectivity index (χ4n) is 4.73. The Labute approximate surface area is 227 Å². The summed E-state index contributed by atoms with van der Waals surface area (Å²) in [4.78, 5) is 12.7. The van der Waals surface area contributed by atoms with Gasteiger partial charge in [-0.05, 0) is 30.5 Å². The number of aryl methyl sites for hydroxylation is 1. The van der Waals surface area contributed by atoms with Crippen molar-refractivity contribution >= 4 is 5.97 Å². The highest BCUT2D eigenvalue weighted by atomic mass is 16.7. The van der Waals surface area contributed by atoms with Crippen molar-refractivity contribution in [3.8, 4) is 5.75 Å². The maximum Gasteiger partial charge on any atom is 0.311 e. The lowest BCUT2D eigenvalue weighted by Crippen LogP contribution is -2.41. The molecule has 2 aromatic rings. The van der Waals surface area contributed by atoms with Crippen LogP contribution >= 0.6 is 0 Å². The molecule has 37 heavy (non-hydrogen) atoms. The zero-order chi connectivity index (χ0) is 26.9. The topological polar surface area (TPSA) is 35.5 Å². The SMILES string of the molecule is CCCCCCCCCCCc1cccc(OC(C)OC(=O)C(C)CC[N+](C)(C)Cc2ccccc2)c1. The first-order valence-corrected chi connectivity index (χ1v) is 14.6. The summed E-state index contributed by atoms with van der Waals surface area (Å²) >= 11 is 0. The number of carbonyl (C=O) groups is 1. The molecular weight excluding hydrogens is 458 g/mol. The van der Waals surface area contributed by atoms with Gasteiger partial charge in [0.15, 0.2) is 0 Å². The fourth-order valence-corrected chi connectivity index (χ4v) is 4.73. The summed E-state index contributed by atoms with van der Waals surface area (Å²) in [6.45, 7) is 7.86. The van der Waals surface area contributed by atoms with Crippen LogP contribution in [-0.4, -0.2) is 37.4 Å². The van der Waals surface area contributed by atoms with E-state index in [1.165, 1.54) is 68.9 Å². The summed E-state index contributed by atoms with van der Waals surface area (Å²) in [7, 11) is 4.41. The van der Waals surface area contributed by atoms with Gasteiger partial charge < -0.3 is 14.0 Å². The number of rotatable bonds is 19. The smallest absolute Gasteiger partial charge is 0.311 e. The summed E-state index contributed by atoms with van der Waals surface area (Å²) in [5.41, 5.74) is 2.59. The van der Waals surface area contributed by atoms with Crippen LogP contribution < -0.4 is 4.74 Å². The van der Waals surface area contributed by atoms with Crippen LogP contribution in [0.15, 0.2) is 54.6 Å². The molecule has 2 aromatic carbocycles. The number of hydrogen-bond acceptors (Lipinski definition) is 3. The van der Waals surface area contributed by atoms with Gasteiger partial charge in [-0.2, -0.15) is 0 Å². The zero-order valence-corrected chi connectivity index (χ0v) is 24.2. The minimum Gasteiger partial charge on any atom is -0.455 e. The van der Waals surface area contributed by atoms with Crippen LogP contribution in [-0.2, 0) is 22.5 Å². The van der Waals surface area contributed by atoms with Gasteiger partial charge in [0, 0.05) is 18.9 Å². The second-order valence-electron chi connectivity index (χ2n) is 11.3. The van der Waals surface area contributed by atoms with Crippen LogP contribution in [0.2, 0.25) is 0 Å². The molecule has 0 saturated carbocycles. The molecule has 0 aromatic heterocycles. The third-order valence-electron chi connectivity index (χ3n) is 7.07. The van der Waals surface area contributed by atoms with Crippen molar-refractivity contribution in [2.45, 2.75) is 104 Å². The van der Waals surface area contributed by atoms with Crippen LogP contribution in [0.25, 0.3) is 0 Å². The Morgan fingerprint density at radius 1 is 0.811 bits per heavy atom. The van der Waals surface area contributed by atoms with Crippen molar-refractivity contribution in [1.82, 2.24) is 0 Å². The zero-order valence-electron chi connectivity index (χ0n) is 24.2. The average Bonchev–Trinajstić information content (AvgIpc) is 2.87. The number of benzene rings is 2. The summed E-state index contributed by atoms with van der Waals surface area (Å²) in [5.74, 6) is 0.400. The van der Waals surface area contributed by atoms with Gasteiger partial charge in [-0.25, -0.2) is 0 Å². The molecule has 4 heteroatoms. The van der Waals surface area contributed by atoms with Gasteiger partial charge in [-0.15, -0.1) is 0 Å². The largest absolute Gasteiger partial charge is 0.455 e. The van der Waals surface area contributed by atoms with E-state index >= 15 is 0 Å². The first-order valence-electron chi connectivity index (χ1n) is 14.6. The number of hydrogen-bond donors (Lipinski definition) is 0. The van der Waals surface area contributed by atoms with E-state index in [2.05, 4.69) is 57.4 Å². The Hall–Kier alpha value is -2.33. The van der Waals surface area contributed by atoms with Crippen molar-refractivity contribution in [2.24, 2.45) is 5.92 Å². The molecule has 0 aliphatic carbocycles. The molecule has 0 aliphatic rings. The lowest BCUT2D eigenvalue weighted by molar-refractivity contribution is -0.904. The lowest BCUT2D eigenvalue weighted by atomic mass is 10.0. The summed E-state index contributed by atoms with van der Waals surface area (Å²) in [5, 5.41) is 0. The van der Waals surface area contributed by atoms with Gasteiger partial charge in [-0.3, -0.25) is 4.79 Å². The molecule has 0 spiro atoms. The number of nitrogens with zero attached hydrogens (tertiary/aromatic N) is 1. The molecular formula is C33H52NO3+. The van der Waals surface area contributed by atoms with Crippen molar-refractivity contribution < 1.29 is 18.8 Å². The van der Waals surface area contributed by atoms with Gasteiger partial charge in [0.05, 0.1) is 26.6 Å². The number of quaternary nitrogens is 1. The Kier molecular flexibility index (Phi) is 14.4. The minimum atomic E-state index is -0.607. The van der Waals surface area contributed by atoms with E-state index in [-0.39, 0.29) is 11.9 Å². The summed E-state index contributed by atoms with van der Waals surface area (Å²) in [6.07, 6.45) is 13.3. The van der Waals surface area contributed by atoms with Crippen LogP contribution in [0.3, 0.4) is 0 Å². The molecule has 0 heterocycles. The van der Waals surface area contributed by atoms with Gasteiger partial charge in [0.25, 0.3) is 0 Å². The van der Waals surface area contributed by atoms with Gasteiger partial charge in [0.1, 0.15) is 12.3 Å². The maximum atomic E-state index is 12.7. The third kappa shape index (κ3) is 13.7. The van der Waals surface area contributed by atoms with Gasteiger partial charge in [-0.1, -0.05) is 108 Å². The lowest BCUT2D eigenvalue weighted by Gasteiger charge is -2.31. The van der Waals surface area contributed by atoms with E-state index in [4.69, 9.17) is 9.47 Å². The molecule has 4 nitrogen and oxygen atoms in total. The van der Waals surface area contributed by atoms with E-state index in [9.17, 15) is 4.79 Å². The molecule has 206 valence electrons. The van der Waals surface area contributed by atoms with Crippen LogP contribution in [0.1, 0.15) is 96.1 Å². The van der Waals surface area contributed by atoms with Crippen molar-refractivity contribution in [3.05, 3.63) is 65.7 Å². The highest BCUT2D eigenvalue weighted by Gasteiger charge is 2.23. The standard InChI is InChI=1S/C33H52NO3/c1-6-7-8-9-10-11-12-13-15-19-30-22-18-23-32(26-30)36-29(3)37-33(35)28(2)24-25-34(4,5)27-31-20-16-14-17-21-31/h14,16-18,20-23,26,28-29H,6-13,15,19,24-25,27H2,1-5H3/q+1. The highest BCUT2D eigenvalue weighted by Crippen LogP contribution is 2.19. The Bertz CT molecular complexity index is 880. The molecule has 0 N–H and O–H groups in total. The van der Waals surface area contributed by atoms with Crippen molar-refractivity contribution in [1.29, 1.82) is 0 Å². The molecule has 0 saturated heterocycles. The Morgan fingerprint density at radius 3 is 2.11 bits per heavy atom. The van der Waals surface area contributed by atoms with Crippen LogP contribution in [0.5, 0.6) is 5.75 Å². The molecule has 0 radical (unpaired) electrons. The molecule has 2 rings (SSSR count). The van der Waals surface area contributed by atoms with Crippen LogP contribution in [0.4, 0.5) is 0 Å². The highest BCUT2D eigenvalue weighted by molar-refractivity contribution is 5.72. The number of unbranched alkanes of at least 4 members (excludes halogenated alkanes) is 8. The van der Waals surface area contributed by atoms with Crippen molar-refractivity contribution in [2.75, 3.05) is 20.6 Å². The monoisotopic (exact) mass is 510 g/mol. The number of carbonyl (C=O) groups excluding carboxylic acids is 1. The molecule has 2 unspecified atom stereocenters. The normalized spacial score (nSPS) is 13.2. The van der Waals surface area contributed by atoms with Crippen LogP contribution in [0, 0.1) is 5.92 Å². The predicted octanol–water partition coefficient (Wildman–Crippen LogP) is 8.33.